The number of carbonyl (C=O) groups is 3. The monoisotopic (exact) mass is 335 g/mol. The molecule has 0 aliphatic carbocycles. The molecule has 1 heterocycles. The van der Waals surface area contributed by atoms with Crippen molar-refractivity contribution in [2.24, 2.45) is 5.73 Å². The van der Waals surface area contributed by atoms with E-state index in [1.165, 1.54) is 20.1 Å². The Bertz CT molecular complexity index is 727. The Hall–Kier alpha value is -2.77. The lowest BCUT2D eigenvalue weighted by Crippen LogP contribution is -2.38. The number of anilines is 2. The van der Waals surface area contributed by atoms with Crippen LogP contribution in [0, 0.1) is 0 Å². The van der Waals surface area contributed by atoms with Gasteiger partial charge in [-0.15, -0.1) is 0 Å². The Morgan fingerprint density at radius 2 is 2.08 bits per heavy atom. The highest BCUT2D eigenvalue weighted by molar-refractivity contribution is 6.03. The molecule has 0 spiro atoms. The number of phenolic OH excluding ortho intramolecular Hbond substituents is 1. The van der Waals surface area contributed by atoms with E-state index < -0.39 is 17.2 Å². The third-order valence-corrected chi connectivity index (χ3v) is 3.99. The van der Waals surface area contributed by atoms with Crippen LogP contribution in [0.1, 0.15) is 32.8 Å². The molecule has 3 amide bonds. The van der Waals surface area contributed by atoms with E-state index in [2.05, 4.69) is 5.32 Å². The second-order valence-corrected chi connectivity index (χ2v) is 6.38. The number of phenols is 1. The van der Waals surface area contributed by atoms with Crippen LogP contribution in [0.2, 0.25) is 0 Å². The van der Waals surface area contributed by atoms with E-state index >= 15 is 0 Å². The van der Waals surface area contributed by atoms with E-state index in [9.17, 15) is 19.5 Å². The maximum Gasteiger partial charge on any atom is 0.237 e. The molecule has 130 valence electrons. The van der Waals surface area contributed by atoms with Crippen LogP contribution >= 0.6 is 0 Å². The second kappa shape index (κ2) is 6.03. The van der Waals surface area contributed by atoms with Gasteiger partial charge in [0.1, 0.15) is 18.0 Å². The van der Waals surface area contributed by atoms with E-state index in [1.54, 1.807) is 13.8 Å². The molecule has 0 aromatic heterocycles. The van der Waals surface area contributed by atoms with Gasteiger partial charge in [0.15, 0.2) is 0 Å². The number of aromatic hydroxyl groups is 1. The Labute approximate surface area is 139 Å². The number of amides is 3. The Morgan fingerprint density at radius 1 is 1.46 bits per heavy atom. The first-order valence-electron chi connectivity index (χ1n) is 7.39. The van der Waals surface area contributed by atoms with E-state index in [1.807, 2.05) is 0 Å². The highest BCUT2D eigenvalue weighted by atomic mass is 16.5. The number of carbonyl (C=O) groups excluding carboxylic acids is 3. The second-order valence-electron chi connectivity index (χ2n) is 6.38. The summed E-state index contributed by atoms with van der Waals surface area (Å²) in [6.45, 7) is 4.50. The number of ether oxygens (including phenoxy) is 1. The summed E-state index contributed by atoms with van der Waals surface area (Å²) in [6.07, 6.45) is 0.163. The summed E-state index contributed by atoms with van der Waals surface area (Å²) in [5.41, 5.74) is 5.44. The fourth-order valence-corrected chi connectivity index (χ4v) is 2.98. The van der Waals surface area contributed by atoms with Gasteiger partial charge < -0.3 is 20.9 Å². The van der Waals surface area contributed by atoms with E-state index in [4.69, 9.17) is 10.5 Å². The van der Waals surface area contributed by atoms with Crippen LogP contribution in [0.25, 0.3) is 0 Å². The topological polar surface area (TPSA) is 122 Å². The molecule has 0 atom stereocenters. The minimum atomic E-state index is -0.714. The zero-order valence-electron chi connectivity index (χ0n) is 14.1. The van der Waals surface area contributed by atoms with Crippen LogP contribution < -0.4 is 20.7 Å². The molecule has 1 aromatic carbocycles. The first-order chi connectivity index (χ1) is 11.1. The maximum atomic E-state index is 11.9. The molecule has 1 aliphatic rings. The fraction of sp³-hybridized carbons (Fsp3) is 0.438. The average molecular weight is 335 g/mol. The van der Waals surface area contributed by atoms with Gasteiger partial charge in [0.2, 0.25) is 17.7 Å². The first kappa shape index (κ1) is 17.6. The van der Waals surface area contributed by atoms with Crippen molar-refractivity contribution in [3.05, 3.63) is 11.6 Å². The van der Waals surface area contributed by atoms with Gasteiger partial charge in [-0.05, 0) is 0 Å². The Kier molecular flexibility index (Phi) is 4.42. The third-order valence-electron chi connectivity index (χ3n) is 3.99. The predicted octanol–water partition coefficient (Wildman–Crippen LogP) is 0.859. The summed E-state index contributed by atoms with van der Waals surface area (Å²) >= 11 is 0. The number of nitrogens with two attached hydrogens (primary N) is 1. The number of methoxy groups -OCH3 is 1. The number of hydrogen-bond donors (Lipinski definition) is 3. The lowest BCUT2D eigenvalue weighted by Gasteiger charge is -2.35. The van der Waals surface area contributed by atoms with Crippen molar-refractivity contribution in [3.63, 3.8) is 0 Å². The number of rotatable bonds is 4. The quantitative estimate of drug-likeness (QED) is 0.753. The number of nitrogens with one attached hydrogen (secondary N) is 1. The number of nitrogens with zero attached hydrogens (tertiary/aromatic N) is 1. The van der Waals surface area contributed by atoms with E-state index in [0.717, 1.165) is 4.90 Å². The van der Waals surface area contributed by atoms with Crippen molar-refractivity contribution in [2.45, 2.75) is 32.6 Å². The Balaban J connectivity index is 2.74. The van der Waals surface area contributed by atoms with E-state index in [-0.39, 0.29) is 36.1 Å². The largest absolute Gasteiger partial charge is 0.505 e. The molecule has 1 aliphatic heterocycles. The molecule has 0 fully saturated rings. The summed E-state index contributed by atoms with van der Waals surface area (Å²) in [6, 6.07) is 1.40. The summed E-state index contributed by atoms with van der Waals surface area (Å²) in [4.78, 5) is 36.2. The van der Waals surface area contributed by atoms with Crippen LogP contribution in [0.5, 0.6) is 11.5 Å². The standard InChI is InChI=1S/C16H21N3O5/c1-8(20)19(7-11(17)21)9-5-10(24-4)14-13(15(9)23)16(2,3)6-12(22)18-14/h5,23H,6-7H2,1-4H3,(H2,17,21)(H,18,22). The molecule has 0 saturated carbocycles. The van der Waals surface area contributed by atoms with Crippen molar-refractivity contribution in [1.29, 1.82) is 0 Å². The molecule has 0 unspecified atom stereocenters. The van der Waals surface area contributed by atoms with Gasteiger partial charge >= 0.3 is 0 Å². The molecule has 8 heteroatoms. The van der Waals surface area contributed by atoms with Crippen LogP contribution in [0.4, 0.5) is 11.4 Å². The molecule has 24 heavy (non-hydrogen) atoms. The lowest BCUT2D eigenvalue weighted by molar-refractivity contribution is -0.121. The van der Waals surface area contributed by atoms with Gasteiger partial charge in [0, 0.05) is 30.4 Å². The van der Waals surface area contributed by atoms with Crippen LogP contribution in [0.3, 0.4) is 0 Å². The minimum Gasteiger partial charge on any atom is -0.505 e. The fourth-order valence-electron chi connectivity index (χ4n) is 2.98. The summed E-state index contributed by atoms with van der Waals surface area (Å²) in [7, 11) is 1.41. The van der Waals surface area contributed by atoms with Crippen molar-refractivity contribution < 1.29 is 24.2 Å². The summed E-state index contributed by atoms with van der Waals surface area (Å²) < 4.78 is 5.30. The lowest BCUT2D eigenvalue weighted by atomic mass is 9.77. The summed E-state index contributed by atoms with van der Waals surface area (Å²) in [5.74, 6) is -1.27. The highest BCUT2D eigenvalue weighted by Gasteiger charge is 2.38. The average Bonchev–Trinajstić information content (AvgIpc) is 2.43. The highest BCUT2D eigenvalue weighted by Crippen LogP contribution is 2.51. The molecule has 8 nitrogen and oxygen atoms in total. The normalized spacial score (nSPS) is 15.2. The number of primary amides is 1. The maximum absolute atomic E-state index is 11.9. The molecule has 0 saturated heterocycles. The molecule has 0 radical (unpaired) electrons. The van der Waals surface area contributed by atoms with Crippen molar-refractivity contribution in [2.75, 3.05) is 23.9 Å². The van der Waals surface area contributed by atoms with Crippen molar-refractivity contribution in [1.82, 2.24) is 0 Å². The molecule has 4 N–H and O–H groups in total. The predicted molar refractivity (Wildman–Crippen MR) is 88.2 cm³/mol. The van der Waals surface area contributed by atoms with Crippen LogP contribution in [-0.2, 0) is 19.8 Å². The third kappa shape index (κ3) is 2.99. The van der Waals surface area contributed by atoms with E-state index in [0.29, 0.717) is 11.3 Å². The minimum absolute atomic E-state index is 0.112. The van der Waals surface area contributed by atoms with Gasteiger partial charge in [-0.3, -0.25) is 19.3 Å². The molecule has 1 aromatic rings. The Morgan fingerprint density at radius 3 is 2.58 bits per heavy atom. The van der Waals surface area contributed by atoms with Gasteiger partial charge in [-0.2, -0.15) is 0 Å². The number of benzene rings is 1. The number of fused-ring (bicyclic) bond motifs is 1. The van der Waals surface area contributed by atoms with Gasteiger partial charge in [0.25, 0.3) is 0 Å². The molecular weight excluding hydrogens is 314 g/mol. The van der Waals surface area contributed by atoms with Gasteiger partial charge in [0.05, 0.1) is 18.5 Å². The first-order valence-corrected chi connectivity index (χ1v) is 7.39. The van der Waals surface area contributed by atoms with Gasteiger partial charge in [-0.1, -0.05) is 13.8 Å². The smallest absolute Gasteiger partial charge is 0.237 e. The van der Waals surface area contributed by atoms with Crippen LogP contribution in [-0.4, -0.2) is 36.5 Å². The number of hydrogen-bond acceptors (Lipinski definition) is 5. The van der Waals surface area contributed by atoms with Crippen LogP contribution in [0.15, 0.2) is 6.07 Å². The SMILES string of the molecule is COc1cc(N(CC(N)=O)C(C)=O)c(O)c2c1NC(=O)CC2(C)C. The summed E-state index contributed by atoms with van der Waals surface area (Å²) in [5, 5.41) is 13.4. The zero-order valence-corrected chi connectivity index (χ0v) is 14.1. The molecular formula is C16H21N3O5. The molecule has 0 bridgehead atoms. The molecule has 2 rings (SSSR count). The van der Waals surface area contributed by atoms with Crippen molar-refractivity contribution in [3.8, 4) is 11.5 Å². The van der Waals surface area contributed by atoms with Crippen molar-refractivity contribution >= 4 is 29.1 Å². The zero-order chi connectivity index (χ0) is 18.2. The van der Waals surface area contributed by atoms with Gasteiger partial charge in [-0.25, -0.2) is 0 Å².